The monoisotopic (exact) mass is 507 g/mol. The van der Waals surface area contributed by atoms with Gasteiger partial charge in [-0.1, -0.05) is 24.3 Å². The minimum absolute atomic E-state index is 0.0662. The molecule has 4 aliphatic rings. The topological polar surface area (TPSA) is 92.6 Å². The highest BCUT2D eigenvalue weighted by atomic mass is 32.2. The Morgan fingerprint density at radius 3 is 2.40 bits per heavy atom. The Bertz CT molecular complexity index is 979. The fraction of sp³-hybridized carbons (Fsp3) is 0.720. The highest BCUT2D eigenvalue weighted by Gasteiger charge is 2.44. The normalized spacial score (nSPS) is 26.0. The first-order valence-electron chi connectivity index (χ1n) is 13.2. The number of benzene rings is 1. The van der Waals surface area contributed by atoms with Gasteiger partial charge in [-0.15, -0.1) is 0 Å². The molecule has 3 fully saturated rings. The quantitative estimate of drug-likeness (QED) is 0.504. The van der Waals surface area contributed by atoms with Gasteiger partial charge >= 0.3 is 0 Å². The van der Waals surface area contributed by atoms with Crippen molar-refractivity contribution in [2.24, 2.45) is 5.92 Å². The number of amides is 1. The molecule has 194 valence electrons. The van der Waals surface area contributed by atoms with Crippen LogP contribution >= 0.6 is 0 Å². The van der Waals surface area contributed by atoms with Crippen LogP contribution in [-0.2, 0) is 37.4 Å². The Balaban J connectivity index is 1.00. The Morgan fingerprint density at radius 1 is 1.03 bits per heavy atom. The van der Waals surface area contributed by atoms with Gasteiger partial charge in [0.25, 0.3) is 10.2 Å². The van der Waals surface area contributed by atoms with Crippen molar-refractivity contribution in [1.29, 1.82) is 0 Å². The predicted octanol–water partition coefficient (Wildman–Crippen LogP) is -0.0704. The molecule has 9 nitrogen and oxygen atoms in total. The van der Waals surface area contributed by atoms with E-state index in [1.54, 1.807) is 13.5 Å². The van der Waals surface area contributed by atoms with E-state index in [9.17, 15) is 13.2 Å². The van der Waals surface area contributed by atoms with E-state index in [4.69, 9.17) is 9.47 Å². The molecule has 10 heteroatoms. The first-order chi connectivity index (χ1) is 17.0. The lowest BCUT2D eigenvalue weighted by molar-refractivity contribution is -0.916. The number of carbonyl (C=O) groups excluding carboxylic acids is 1. The number of hydrogen-bond acceptors (Lipinski definition) is 5. The average molecular weight is 508 g/mol. The number of hydrogen-bond donors (Lipinski definition) is 2. The lowest BCUT2D eigenvalue weighted by Gasteiger charge is -2.40. The minimum atomic E-state index is -3.51. The number of fused-ring (bicyclic) bond motifs is 1. The van der Waals surface area contributed by atoms with Gasteiger partial charge in [0.2, 0.25) is 5.91 Å². The number of quaternary nitrogens is 1. The minimum Gasteiger partial charge on any atom is -0.356 e. The number of rotatable bonds is 7. The number of piperidine rings is 2. The van der Waals surface area contributed by atoms with E-state index in [1.807, 2.05) is 0 Å². The Labute approximate surface area is 208 Å². The number of carbonyl (C=O) groups is 1. The zero-order chi connectivity index (χ0) is 24.3. The molecule has 1 aromatic carbocycles. The van der Waals surface area contributed by atoms with Crippen LogP contribution in [0.1, 0.15) is 43.2 Å². The molecule has 5 rings (SSSR count). The van der Waals surface area contributed by atoms with Crippen LogP contribution in [0.5, 0.6) is 0 Å². The third-order valence-corrected chi connectivity index (χ3v) is 10.1. The summed E-state index contributed by atoms with van der Waals surface area (Å²) in [5.74, 6) is -0.631. The molecule has 0 bridgehead atoms. The number of nitrogens with zero attached hydrogens (tertiary/aromatic N) is 2. The molecular weight excluding hydrogens is 468 g/mol. The van der Waals surface area contributed by atoms with E-state index in [1.165, 1.54) is 11.1 Å². The lowest BCUT2D eigenvalue weighted by atomic mass is 9.97. The summed E-state index contributed by atoms with van der Waals surface area (Å²) in [4.78, 5) is 14.3. The highest BCUT2D eigenvalue weighted by molar-refractivity contribution is 7.86. The van der Waals surface area contributed by atoms with E-state index in [-0.39, 0.29) is 11.8 Å². The summed E-state index contributed by atoms with van der Waals surface area (Å²) >= 11 is 0. The van der Waals surface area contributed by atoms with E-state index >= 15 is 0 Å². The average Bonchev–Trinajstić information content (AvgIpc) is 3.34. The van der Waals surface area contributed by atoms with Crippen molar-refractivity contribution in [3.05, 3.63) is 35.4 Å². The second kappa shape index (κ2) is 10.8. The molecule has 2 N–H and O–H groups in total. The van der Waals surface area contributed by atoms with Crippen LogP contribution in [0.3, 0.4) is 0 Å². The predicted molar refractivity (Wildman–Crippen MR) is 131 cm³/mol. The van der Waals surface area contributed by atoms with Crippen molar-refractivity contribution in [3.8, 4) is 0 Å². The lowest BCUT2D eigenvalue weighted by Crippen LogP contribution is -3.11. The molecule has 1 aromatic rings. The number of nitrogens with one attached hydrogen (secondary N) is 2. The molecule has 0 aliphatic carbocycles. The molecule has 0 aromatic heterocycles. The van der Waals surface area contributed by atoms with Crippen LogP contribution in [0.4, 0.5) is 0 Å². The van der Waals surface area contributed by atoms with Crippen LogP contribution in [0.2, 0.25) is 0 Å². The molecule has 1 unspecified atom stereocenters. The van der Waals surface area contributed by atoms with Gasteiger partial charge in [-0.3, -0.25) is 4.79 Å². The second-order valence-electron chi connectivity index (χ2n) is 10.3. The van der Waals surface area contributed by atoms with Crippen molar-refractivity contribution in [2.75, 3.05) is 59.0 Å². The summed E-state index contributed by atoms with van der Waals surface area (Å²) in [6.07, 6.45) is 4.36. The molecule has 4 heterocycles. The van der Waals surface area contributed by atoms with Crippen molar-refractivity contribution < 1.29 is 27.6 Å². The summed E-state index contributed by atoms with van der Waals surface area (Å²) < 4.78 is 40.8. The van der Waals surface area contributed by atoms with Crippen molar-refractivity contribution in [1.82, 2.24) is 13.9 Å². The molecule has 1 spiro atoms. The summed E-state index contributed by atoms with van der Waals surface area (Å²) in [5, 5.41) is 3.10. The summed E-state index contributed by atoms with van der Waals surface area (Å²) in [6.45, 7) is 6.72. The van der Waals surface area contributed by atoms with Gasteiger partial charge < -0.3 is 19.7 Å². The van der Waals surface area contributed by atoms with Crippen LogP contribution < -0.4 is 10.2 Å². The van der Waals surface area contributed by atoms with Crippen LogP contribution in [0, 0.1) is 5.92 Å². The second-order valence-corrected chi connectivity index (χ2v) is 12.2. The molecule has 3 saturated heterocycles. The summed E-state index contributed by atoms with van der Waals surface area (Å²) in [7, 11) is -3.51. The largest absolute Gasteiger partial charge is 0.356 e. The molecular formula is C25H39N4O5S+. The molecule has 1 amide bonds. The van der Waals surface area contributed by atoms with Gasteiger partial charge in [-0.2, -0.15) is 17.0 Å². The zero-order valence-electron chi connectivity index (χ0n) is 20.5. The maximum Gasteiger partial charge on any atom is 0.281 e. The molecule has 0 radical (unpaired) electrons. The Hall–Kier alpha value is -1.56. The van der Waals surface area contributed by atoms with Crippen LogP contribution in [0.15, 0.2) is 24.3 Å². The maximum atomic E-state index is 13.1. The van der Waals surface area contributed by atoms with E-state index < -0.39 is 16.0 Å². The Kier molecular flexibility index (Phi) is 7.76. The van der Waals surface area contributed by atoms with Crippen molar-refractivity contribution in [3.63, 3.8) is 0 Å². The highest BCUT2D eigenvalue weighted by Crippen LogP contribution is 2.33. The standard InChI is InChI=1S/C25H38N4O5S/c30-24(26-11-3-12-27-13-6-21-4-1-2-5-23(21)20-27)22-7-14-28(15-8-22)35(31,32)29-16-9-25(10-17-29)33-18-19-34-25/h1-2,4-5,22H,3,6-20H2,(H,26,30)/p+1. The summed E-state index contributed by atoms with van der Waals surface area (Å²) in [5.41, 5.74) is 2.92. The fourth-order valence-corrected chi connectivity index (χ4v) is 7.55. The van der Waals surface area contributed by atoms with Gasteiger partial charge in [0.15, 0.2) is 5.79 Å². The van der Waals surface area contributed by atoms with Gasteiger partial charge in [0.1, 0.15) is 6.54 Å². The summed E-state index contributed by atoms with van der Waals surface area (Å²) in [6, 6.07) is 8.68. The van der Waals surface area contributed by atoms with E-state index in [2.05, 4.69) is 29.6 Å². The molecule has 35 heavy (non-hydrogen) atoms. The first-order valence-corrected chi connectivity index (χ1v) is 14.6. The van der Waals surface area contributed by atoms with E-state index in [0.29, 0.717) is 71.6 Å². The fourth-order valence-electron chi connectivity index (χ4n) is 5.91. The van der Waals surface area contributed by atoms with Gasteiger partial charge in [-0.25, -0.2) is 0 Å². The molecule has 0 saturated carbocycles. The number of ether oxygens (including phenoxy) is 2. The zero-order valence-corrected chi connectivity index (χ0v) is 21.4. The maximum absolute atomic E-state index is 13.1. The SMILES string of the molecule is O=C(NCCC[NH+]1CCc2ccccc2C1)C1CCN(S(=O)(=O)N2CCC3(CC2)OCCO3)CC1. The van der Waals surface area contributed by atoms with Crippen LogP contribution in [-0.4, -0.2) is 87.7 Å². The van der Waals surface area contributed by atoms with Gasteiger partial charge in [0.05, 0.1) is 26.3 Å². The Morgan fingerprint density at radius 2 is 1.69 bits per heavy atom. The smallest absolute Gasteiger partial charge is 0.281 e. The van der Waals surface area contributed by atoms with Gasteiger partial charge in [0, 0.05) is 69.9 Å². The van der Waals surface area contributed by atoms with Crippen molar-refractivity contribution in [2.45, 2.75) is 50.9 Å². The van der Waals surface area contributed by atoms with Crippen LogP contribution in [0.25, 0.3) is 0 Å². The first kappa shape index (κ1) is 25.1. The van der Waals surface area contributed by atoms with E-state index in [0.717, 1.165) is 32.5 Å². The molecule has 4 aliphatic heterocycles. The third-order valence-electron chi connectivity index (χ3n) is 8.09. The molecule has 1 atom stereocenters. The van der Waals surface area contributed by atoms with Gasteiger partial charge in [-0.05, 0) is 18.4 Å². The third kappa shape index (κ3) is 5.73. The van der Waals surface area contributed by atoms with Crippen molar-refractivity contribution >= 4 is 16.1 Å².